The molecule has 0 saturated heterocycles. The van der Waals surface area contributed by atoms with Gasteiger partial charge in [0.1, 0.15) is 0 Å². The molecule has 1 aliphatic rings. The fourth-order valence-corrected chi connectivity index (χ4v) is 3.92. The molecule has 1 heterocycles. The van der Waals surface area contributed by atoms with E-state index in [0.717, 1.165) is 17.0 Å². The number of para-hydroxylation sites is 2. The van der Waals surface area contributed by atoms with Crippen LogP contribution < -0.4 is 15.1 Å². The Morgan fingerprint density at radius 1 is 1.11 bits per heavy atom. The molecule has 5 nitrogen and oxygen atoms in total. The van der Waals surface area contributed by atoms with E-state index in [1.54, 1.807) is 18.2 Å². The first-order valence-corrected chi connectivity index (χ1v) is 9.57. The third-order valence-corrected chi connectivity index (χ3v) is 5.25. The van der Waals surface area contributed by atoms with Crippen LogP contribution in [0.4, 0.5) is 11.4 Å². The number of halogens is 2. The molecular weight excluding hydrogens is 385 g/mol. The number of hydrogen-bond donors (Lipinski definition) is 2. The number of benzene rings is 2. The summed E-state index contributed by atoms with van der Waals surface area (Å²) in [6, 6.07) is 13.1. The number of quaternary nitrogens is 1. The lowest BCUT2D eigenvalue weighted by molar-refractivity contribution is -0.862. The van der Waals surface area contributed by atoms with Gasteiger partial charge in [-0.3, -0.25) is 9.59 Å². The number of carbonyl (C=O) groups is 2. The third kappa shape index (κ3) is 4.43. The minimum absolute atomic E-state index is 0.00789. The van der Waals surface area contributed by atoms with Crippen molar-refractivity contribution in [2.24, 2.45) is 0 Å². The highest BCUT2D eigenvalue weighted by molar-refractivity contribution is 6.39. The fraction of sp³-hybridized carbons (Fsp3) is 0.300. The molecule has 7 heteroatoms. The van der Waals surface area contributed by atoms with E-state index in [9.17, 15) is 9.59 Å². The molecule has 27 heavy (non-hydrogen) atoms. The number of carbonyl (C=O) groups excluding carboxylic acids is 2. The highest BCUT2D eigenvalue weighted by Gasteiger charge is 2.32. The van der Waals surface area contributed by atoms with E-state index in [-0.39, 0.29) is 30.9 Å². The van der Waals surface area contributed by atoms with Gasteiger partial charge in [0.05, 0.1) is 22.8 Å². The maximum atomic E-state index is 12.8. The predicted octanol–water partition coefficient (Wildman–Crippen LogP) is 2.42. The van der Waals surface area contributed by atoms with Crippen LogP contribution in [0.2, 0.25) is 10.0 Å². The maximum Gasteiger partial charge on any atom is 0.282 e. The maximum absolute atomic E-state index is 12.8. The molecular formula is C20H22Cl2N3O2+. The van der Waals surface area contributed by atoms with Gasteiger partial charge in [0, 0.05) is 11.7 Å². The molecule has 3 rings (SSSR count). The Morgan fingerprint density at radius 3 is 2.48 bits per heavy atom. The van der Waals surface area contributed by atoms with Crippen molar-refractivity contribution in [1.82, 2.24) is 0 Å². The third-order valence-electron chi connectivity index (χ3n) is 4.62. The van der Waals surface area contributed by atoms with Gasteiger partial charge in [0.2, 0.25) is 0 Å². The minimum Gasteiger partial charge on any atom is -0.322 e. The summed E-state index contributed by atoms with van der Waals surface area (Å²) in [6.45, 7) is 2.40. The molecule has 2 aromatic carbocycles. The molecule has 0 fully saturated rings. The molecule has 142 valence electrons. The van der Waals surface area contributed by atoms with Crippen LogP contribution in [0.15, 0.2) is 42.5 Å². The zero-order chi connectivity index (χ0) is 19.6. The zero-order valence-corrected chi connectivity index (χ0v) is 16.8. The summed E-state index contributed by atoms with van der Waals surface area (Å²) in [4.78, 5) is 27.8. The highest BCUT2D eigenvalue weighted by Crippen LogP contribution is 2.31. The number of anilines is 2. The van der Waals surface area contributed by atoms with Crippen LogP contribution >= 0.6 is 23.2 Å². The lowest BCUT2D eigenvalue weighted by Gasteiger charge is -2.24. The number of hydrogen-bond acceptors (Lipinski definition) is 2. The average Bonchev–Trinajstić information content (AvgIpc) is 2.93. The van der Waals surface area contributed by atoms with Crippen molar-refractivity contribution in [2.45, 2.75) is 19.4 Å². The Balaban J connectivity index is 1.60. The largest absolute Gasteiger partial charge is 0.322 e. The van der Waals surface area contributed by atoms with E-state index >= 15 is 0 Å². The van der Waals surface area contributed by atoms with Crippen LogP contribution in [-0.4, -0.2) is 38.0 Å². The van der Waals surface area contributed by atoms with E-state index < -0.39 is 0 Å². The number of fused-ring (bicyclic) bond motifs is 1. The van der Waals surface area contributed by atoms with Crippen molar-refractivity contribution < 1.29 is 14.5 Å². The van der Waals surface area contributed by atoms with E-state index in [1.165, 1.54) is 5.56 Å². The molecule has 0 saturated carbocycles. The lowest BCUT2D eigenvalue weighted by atomic mass is 10.1. The smallest absolute Gasteiger partial charge is 0.282 e. The van der Waals surface area contributed by atoms with Gasteiger partial charge in [-0.05, 0) is 37.1 Å². The highest BCUT2D eigenvalue weighted by atomic mass is 35.5. The van der Waals surface area contributed by atoms with Crippen molar-refractivity contribution in [3.63, 3.8) is 0 Å². The van der Waals surface area contributed by atoms with Gasteiger partial charge in [0.25, 0.3) is 11.8 Å². The van der Waals surface area contributed by atoms with E-state index in [4.69, 9.17) is 23.2 Å². The molecule has 2 amide bonds. The van der Waals surface area contributed by atoms with Gasteiger partial charge >= 0.3 is 0 Å². The van der Waals surface area contributed by atoms with Crippen LogP contribution in [0.3, 0.4) is 0 Å². The Kier molecular flexibility index (Phi) is 6.05. The molecule has 2 atom stereocenters. The second-order valence-corrected chi connectivity index (χ2v) is 7.72. The topological polar surface area (TPSA) is 53.9 Å². The molecule has 0 bridgehead atoms. The van der Waals surface area contributed by atoms with Gasteiger partial charge in [-0.2, -0.15) is 0 Å². The first kappa shape index (κ1) is 19.7. The quantitative estimate of drug-likeness (QED) is 0.800. The summed E-state index contributed by atoms with van der Waals surface area (Å²) >= 11 is 12.2. The van der Waals surface area contributed by atoms with Gasteiger partial charge in [-0.1, -0.05) is 47.5 Å². The van der Waals surface area contributed by atoms with Gasteiger partial charge in [-0.25, -0.2) is 0 Å². The number of rotatable bonds is 5. The first-order valence-electron chi connectivity index (χ1n) is 8.82. The van der Waals surface area contributed by atoms with Crippen molar-refractivity contribution in [2.75, 3.05) is 30.4 Å². The minimum atomic E-state index is -0.245. The monoisotopic (exact) mass is 406 g/mol. The Bertz CT molecular complexity index is 852. The van der Waals surface area contributed by atoms with Gasteiger partial charge in [-0.15, -0.1) is 0 Å². The van der Waals surface area contributed by atoms with Crippen molar-refractivity contribution in [3.05, 3.63) is 58.1 Å². The first-order chi connectivity index (χ1) is 12.9. The van der Waals surface area contributed by atoms with Crippen LogP contribution in [0.25, 0.3) is 0 Å². The Hall–Kier alpha value is -2.08. The Labute approximate surface area is 168 Å². The summed E-state index contributed by atoms with van der Waals surface area (Å²) in [5, 5.41) is 3.49. The predicted molar refractivity (Wildman–Crippen MR) is 109 cm³/mol. The van der Waals surface area contributed by atoms with Crippen LogP contribution in [0, 0.1) is 0 Å². The summed E-state index contributed by atoms with van der Waals surface area (Å²) in [5.74, 6) is -0.237. The summed E-state index contributed by atoms with van der Waals surface area (Å²) in [7, 11) is 1.82. The second-order valence-electron chi connectivity index (χ2n) is 6.90. The standard InChI is InChI=1S/C20H21Cl2N3O2/c1-13-10-14-6-3-4-9-17(14)25(13)19(27)12-24(2)11-18(26)23-20-15(21)7-5-8-16(20)22/h3-9,13H,10-12H2,1-2H3,(H,23,26)/p+1/t13-/m1/s1. The lowest BCUT2D eigenvalue weighted by Crippen LogP contribution is -3.11. The zero-order valence-electron chi connectivity index (χ0n) is 15.3. The number of likely N-dealkylation sites (N-methyl/N-ethyl adjacent to an activating group) is 1. The van der Waals surface area contributed by atoms with Crippen LogP contribution in [-0.2, 0) is 16.0 Å². The van der Waals surface area contributed by atoms with E-state index in [1.807, 2.05) is 37.1 Å². The van der Waals surface area contributed by atoms with E-state index in [0.29, 0.717) is 15.7 Å². The number of amides is 2. The summed E-state index contributed by atoms with van der Waals surface area (Å²) < 4.78 is 0. The molecule has 2 aromatic rings. The van der Waals surface area contributed by atoms with Crippen molar-refractivity contribution in [1.29, 1.82) is 0 Å². The van der Waals surface area contributed by atoms with Gasteiger partial charge < -0.3 is 15.1 Å². The Morgan fingerprint density at radius 2 is 1.78 bits per heavy atom. The van der Waals surface area contributed by atoms with Crippen LogP contribution in [0.1, 0.15) is 12.5 Å². The summed E-state index contributed by atoms with van der Waals surface area (Å²) in [6.07, 6.45) is 0.854. The number of nitrogens with zero attached hydrogens (tertiary/aromatic N) is 1. The molecule has 1 unspecified atom stereocenters. The SMILES string of the molecule is C[C@@H]1Cc2ccccc2N1C(=O)C[NH+](C)CC(=O)Nc1c(Cl)cccc1Cl. The molecule has 1 aliphatic heterocycles. The van der Waals surface area contributed by atoms with Gasteiger partial charge in [0.15, 0.2) is 13.1 Å². The second kappa shape index (κ2) is 8.30. The molecule has 0 spiro atoms. The molecule has 0 aliphatic carbocycles. The fourth-order valence-electron chi connectivity index (χ4n) is 3.43. The molecule has 0 radical (unpaired) electrons. The van der Waals surface area contributed by atoms with Crippen molar-refractivity contribution in [3.8, 4) is 0 Å². The summed E-state index contributed by atoms with van der Waals surface area (Å²) in [5.41, 5.74) is 2.55. The molecule has 2 N–H and O–H groups in total. The van der Waals surface area contributed by atoms with Crippen molar-refractivity contribution >= 4 is 46.4 Å². The number of nitrogens with one attached hydrogen (secondary N) is 2. The van der Waals surface area contributed by atoms with E-state index in [2.05, 4.69) is 11.4 Å². The van der Waals surface area contributed by atoms with Crippen LogP contribution in [0.5, 0.6) is 0 Å². The molecule has 0 aromatic heterocycles. The normalized spacial score (nSPS) is 16.7. The average molecular weight is 407 g/mol.